The second kappa shape index (κ2) is 7.92. The fourth-order valence-electron chi connectivity index (χ4n) is 3.14. The Hall–Kier alpha value is -2.69. The number of benzene rings is 2. The Labute approximate surface area is 149 Å². The number of nitrogens with two attached hydrogens (primary N) is 1. The van der Waals surface area contributed by atoms with Gasteiger partial charge in [0.25, 0.3) is 0 Å². The van der Waals surface area contributed by atoms with E-state index in [1.54, 1.807) is 7.11 Å². The van der Waals surface area contributed by atoms with E-state index in [2.05, 4.69) is 4.90 Å². The molecule has 1 fully saturated rings. The van der Waals surface area contributed by atoms with Crippen LogP contribution in [0.1, 0.15) is 12.0 Å². The molecule has 0 aromatic heterocycles. The van der Waals surface area contributed by atoms with Gasteiger partial charge in [-0.25, -0.2) is 0 Å². The number of nitrogen functional groups attached to an aromatic ring is 1. The summed E-state index contributed by atoms with van der Waals surface area (Å²) in [5.74, 6) is 1.06. The molecule has 0 bridgehead atoms. The molecule has 1 saturated heterocycles. The number of aryl methyl sites for hydroxylation is 1. The van der Waals surface area contributed by atoms with Crippen LogP contribution in [-0.4, -0.2) is 44.1 Å². The van der Waals surface area contributed by atoms with E-state index in [-0.39, 0.29) is 5.91 Å². The highest BCUT2D eigenvalue weighted by molar-refractivity contribution is 5.76. The second-order valence-corrected chi connectivity index (χ2v) is 6.31. The number of piperazine rings is 1. The zero-order chi connectivity index (χ0) is 17.6. The number of anilines is 2. The lowest BCUT2D eigenvalue weighted by molar-refractivity contribution is -0.131. The maximum absolute atomic E-state index is 12.5. The van der Waals surface area contributed by atoms with E-state index in [9.17, 15) is 4.79 Å². The third-order valence-corrected chi connectivity index (χ3v) is 4.65. The Balaban J connectivity index is 1.48. The number of rotatable bonds is 5. The van der Waals surface area contributed by atoms with Gasteiger partial charge in [-0.1, -0.05) is 12.1 Å². The van der Waals surface area contributed by atoms with Crippen molar-refractivity contribution in [2.45, 2.75) is 12.8 Å². The molecule has 0 spiro atoms. The molecule has 1 aliphatic rings. The molecular weight excluding hydrogens is 314 g/mol. The van der Waals surface area contributed by atoms with Gasteiger partial charge in [-0.05, 0) is 48.4 Å². The molecule has 0 atom stereocenters. The first-order chi connectivity index (χ1) is 12.2. The molecule has 25 heavy (non-hydrogen) atoms. The first kappa shape index (κ1) is 17.1. The fraction of sp³-hybridized carbons (Fsp3) is 0.350. The third-order valence-electron chi connectivity index (χ3n) is 4.65. The van der Waals surface area contributed by atoms with E-state index in [1.165, 1.54) is 0 Å². The highest BCUT2D eigenvalue weighted by atomic mass is 16.5. The lowest BCUT2D eigenvalue weighted by Gasteiger charge is -2.36. The zero-order valence-electron chi connectivity index (χ0n) is 14.6. The number of methoxy groups -OCH3 is 1. The largest absolute Gasteiger partial charge is 0.497 e. The molecule has 5 nitrogen and oxygen atoms in total. The van der Waals surface area contributed by atoms with Crippen molar-refractivity contribution in [1.29, 1.82) is 0 Å². The molecule has 5 heteroatoms. The van der Waals surface area contributed by atoms with Gasteiger partial charge in [-0.3, -0.25) is 4.79 Å². The summed E-state index contributed by atoms with van der Waals surface area (Å²) in [5.41, 5.74) is 8.81. The van der Waals surface area contributed by atoms with Crippen LogP contribution in [0, 0.1) is 0 Å². The molecule has 132 valence electrons. The summed E-state index contributed by atoms with van der Waals surface area (Å²) < 4.78 is 5.23. The third kappa shape index (κ3) is 4.44. The monoisotopic (exact) mass is 339 g/mol. The van der Waals surface area contributed by atoms with Gasteiger partial charge in [-0.2, -0.15) is 0 Å². The van der Waals surface area contributed by atoms with Crippen LogP contribution in [0.3, 0.4) is 0 Å². The van der Waals surface area contributed by atoms with Gasteiger partial charge in [0.2, 0.25) is 5.91 Å². The van der Waals surface area contributed by atoms with Crippen molar-refractivity contribution < 1.29 is 9.53 Å². The minimum absolute atomic E-state index is 0.222. The summed E-state index contributed by atoms with van der Waals surface area (Å²) in [5, 5.41) is 0. The van der Waals surface area contributed by atoms with Crippen LogP contribution in [0.15, 0.2) is 48.5 Å². The van der Waals surface area contributed by atoms with Crippen molar-refractivity contribution in [2.24, 2.45) is 0 Å². The summed E-state index contributed by atoms with van der Waals surface area (Å²) in [6.07, 6.45) is 1.28. The number of nitrogens with zero attached hydrogens (tertiary/aromatic N) is 2. The van der Waals surface area contributed by atoms with E-state index >= 15 is 0 Å². The molecule has 1 aliphatic heterocycles. The van der Waals surface area contributed by atoms with Crippen LogP contribution in [0.2, 0.25) is 0 Å². The number of carbonyl (C=O) groups is 1. The Morgan fingerprint density at radius 2 is 1.80 bits per heavy atom. The average Bonchev–Trinajstić information content (AvgIpc) is 2.67. The first-order valence-electron chi connectivity index (χ1n) is 8.67. The summed E-state index contributed by atoms with van der Waals surface area (Å²) >= 11 is 0. The zero-order valence-corrected chi connectivity index (χ0v) is 14.6. The van der Waals surface area contributed by atoms with Crippen molar-refractivity contribution in [1.82, 2.24) is 4.90 Å². The molecule has 0 aliphatic carbocycles. The summed E-state index contributed by atoms with van der Waals surface area (Å²) in [7, 11) is 1.66. The number of amides is 1. The molecule has 0 unspecified atom stereocenters. The van der Waals surface area contributed by atoms with Gasteiger partial charge in [0.1, 0.15) is 5.75 Å². The van der Waals surface area contributed by atoms with Gasteiger partial charge in [0.15, 0.2) is 0 Å². The predicted molar refractivity (Wildman–Crippen MR) is 101 cm³/mol. The van der Waals surface area contributed by atoms with Crippen molar-refractivity contribution in [3.05, 3.63) is 54.1 Å². The van der Waals surface area contributed by atoms with E-state index < -0.39 is 0 Å². The van der Waals surface area contributed by atoms with Crippen LogP contribution in [0.5, 0.6) is 5.75 Å². The number of ether oxygens (including phenoxy) is 1. The highest BCUT2D eigenvalue weighted by Gasteiger charge is 2.21. The quantitative estimate of drug-likeness (QED) is 0.851. The SMILES string of the molecule is COc1cccc(CCC(=O)N2CCN(c3ccc(N)cc3)CC2)c1. The normalized spacial score (nSPS) is 14.4. The lowest BCUT2D eigenvalue weighted by atomic mass is 10.1. The van der Waals surface area contributed by atoms with Crippen LogP contribution in [0.4, 0.5) is 11.4 Å². The van der Waals surface area contributed by atoms with Crippen LogP contribution in [0.25, 0.3) is 0 Å². The lowest BCUT2D eigenvalue weighted by Crippen LogP contribution is -2.48. The second-order valence-electron chi connectivity index (χ2n) is 6.31. The van der Waals surface area contributed by atoms with Gasteiger partial charge in [-0.15, -0.1) is 0 Å². The van der Waals surface area contributed by atoms with Gasteiger partial charge >= 0.3 is 0 Å². The Bertz CT molecular complexity index is 707. The molecule has 0 radical (unpaired) electrons. The maximum Gasteiger partial charge on any atom is 0.223 e. The fourth-order valence-corrected chi connectivity index (χ4v) is 3.14. The Morgan fingerprint density at radius 3 is 2.48 bits per heavy atom. The Morgan fingerprint density at radius 1 is 1.08 bits per heavy atom. The molecule has 2 aromatic rings. The smallest absolute Gasteiger partial charge is 0.223 e. The minimum Gasteiger partial charge on any atom is -0.497 e. The van der Waals surface area contributed by atoms with Crippen molar-refractivity contribution in [3.8, 4) is 5.75 Å². The standard InChI is InChI=1S/C20H25N3O2/c1-25-19-4-2-3-16(15-19)5-10-20(24)23-13-11-22(12-14-23)18-8-6-17(21)7-9-18/h2-4,6-9,15H,5,10-14,21H2,1H3. The molecule has 2 N–H and O–H groups in total. The van der Waals surface area contributed by atoms with Crippen LogP contribution < -0.4 is 15.4 Å². The maximum atomic E-state index is 12.5. The number of hydrogen-bond acceptors (Lipinski definition) is 4. The number of hydrogen-bond donors (Lipinski definition) is 1. The number of carbonyl (C=O) groups excluding carboxylic acids is 1. The van der Waals surface area contributed by atoms with Crippen molar-refractivity contribution in [2.75, 3.05) is 43.9 Å². The molecule has 1 amide bonds. The van der Waals surface area contributed by atoms with Gasteiger partial charge in [0.05, 0.1) is 7.11 Å². The predicted octanol–water partition coefficient (Wildman–Crippen LogP) is 2.56. The van der Waals surface area contributed by atoms with E-state index in [4.69, 9.17) is 10.5 Å². The van der Waals surface area contributed by atoms with E-state index in [1.807, 2.05) is 53.4 Å². The van der Waals surface area contributed by atoms with Gasteiger partial charge in [0, 0.05) is 44.0 Å². The molecular formula is C20H25N3O2. The van der Waals surface area contributed by atoms with Crippen LogP contribution in [-0.2, 0) is 11.2 Å². The summed E-state index contributed by atoms with van der Waals surface area (Å²) in [6, 6.07) is 15.8. The summed E-state index contributed by atoms with van der Waals surface area (Å²) in [6.45, 7) is 3.24. The average molecular weight is 339 g/mol. The molecule has 2 aromatic carbocycles. The minimum atomic E-state index is 0.222. The van der Waals surface area contributed by atoms with E-state index in [0.29, 0.717) is 6.42 Å². The molecule has 3 rings (SSSR count). The summed E-state index contributed by atoms with van der Waals surface area (Å²) in [4.78, 5) is 16.7. The van der Waals surface area contributed by atoms with Crippen molar-refractivity contribution >= 4 is 17.3 Å². The van der Waals surface area contributed by atoms with Crippen molar-refractivity contribution in [3.63, 3.8) is 0 Å². The first-order valence-corrected chi connectivity index (χ1v) is 8.67. The molecule has 1 heterocycles. The van der Waals surface area contributed by atoms with E-state index in [0.717, 1.165) is 55.3 Å². The topological polar surface area (TPSA) is 58.8 Å². The van der Waals surface area contributed by atoms with Crippen LogP contribution >= 0.6 is 0 Å². The molecule has 0 saturated carbocycles. The highest BCUT2D eigenvalue weighted by Crippen LogP contribution is 2.19. The Kier molecular flexibility index (Phi) is 5.43. The van der Waals surface area contributed by atoms with Gasteiger partial charge < -0.3 is 20.3 Å².